The summed E-state index contributed by atoms with van der Waals surface area (Å²) in [5.41, 5.74) is 1.20. The summed E-state index contributed by atoms with van der Waals surface area (Å²) in [7, 11) is 0. The average molecular weight is 194 g/mol. The van der Waals surface area contributed by atoms with E-state index in [0.717, 1.165) is 24.6 Å². The van der Waals surface area contributed by atoms with Crippen molar-refractivity contribution in [1.29, 1.82) is 0 Å². The molecule has 1 aromatic rings. The highest BCUT2D eigenvalue weighted by Gasteiger charge is 2.21. The molecule has 0 amide bonds. The van der Waals surface area contributed by atoms with Gasteiger partial charge in [-0.05, 0) is 12.0 Å². The van der Waals surface area contributed by atoms with E-state index in [2.05, 4.69) is 5.32 Å². The van der Waals surface area contributed by atoms with Crippen molar-refractivity contribution < 1.29 is 4.48 Å². The van der Waals surface area contributed by atoms with Gasteiger partial charge in [-0.2, -0.15) is 0 Å². The third kappa shape index (κ3) is 2.30. The first-order chi connectivity index (χ1) is 6.86. The lowest BCUT2D eigenvalue weighted by atomic mass is 10.0. The first kappa shape index (κ1) is 9.62. The van der Waals surface area contributed by atoms with Gasteiger partial charge in [0.05, 0.1) is 6.04 Å². The second-order valence-electron chi connectivity index (χ2n) is 3.67. The number of halogens is 1. The highest BCUT2D eigenvalue weighted by molar-refractivity contribution is 5.16. The molecule has 0 aliphatic carbocycles. The molecule has 1 heterocycles. The summed E-state index contributed by atoms with van der Waals surface area (Å²) in [5, 5.41) is 4.15. The topological polar surface area (TPSA) is 15.3 Å². The van der Waals surface area contributed by atoms with E-state index in [1.165, 1.54) is 5.56 Å². The second kappa shape index (κ2) is 4.53. The third-order valence-corrected chi connectivity index (χ3v) is 2.59. The van der Waals surface area contributed by atoms with Gasteiger partial charge in [0.2, 0.25) is 0 Å². The molecule has 14 heavy (non-hydrogen) atoms. The summed E-state index contributed by atoms with van der Waals surface area (Å²) in [6, 6.07) is 10.1. The summed E-state index contributed by atoms with van der Waals surface area (Å²) in [5.74, 6) is 0. The van der Waals surface area contributed by atoms with Crippen molar-refractivity contribution in [2.75, 3.05) is 19.6 Å². The first-order valence-corrected chi connectivity index (χ1v) is 5.03. The van der Waals surface area contributed by atoms with Crippen LogP contribution in [0.25, 0.3) is 0 Å². The van der Waals surface area contributed by atoms with E-state index < -0.39 is 0 Å². The molecule has 1 fully saturated rings. The third-order valence-electron chi connectivity index (χ3n) is 2.59. The van der Waals surface area contributed by atoms with Crippen molar-refractivity contribution in [3.8, 4) is 0 Å². The molecule has 0 bridgehead atoms. The van der Waals surface area contributed by atoms with E-state index in [1.807, 2.05) is 30.3 Å². The van der Waals surface area contributed by atoms with Gasteiger partial charge in [-0.25, -0.2) is 0 Å². The number of benzene rings is 1. The van der Waals surface area contributed by atoms with Crippen molar-refractivity contribution in [2.24, 2.45) is 0 Å². The Balaban J connectivity index is 1.96. The van der Waals surface area contributed by atoms with Crippen molar-refractivity contribution >= 4 is 0 Å². The molecule has 2 nitrogen and oxygen atoms in total. The molecule has 76 valence electrons. The van der Waals surface area contributed by atoms with Crippen molar-refractivity contribution in [3.63, 3.8) is 0 Å². The zero-order valence-electron chi connectivity index (χ0n) is 8.12. The lowest BCUT2D eigenvalue weighted by molar-refractivity contribution is -0.0358. The van der Waals surface area contributed by atoms with Crippen LogP contribution in [0.1, 0.15) is 5.56 Å². The maximum Gasteiger partial charge on any atom is 0.0567 e. The van der Waals surface area contributed by atoms with Gasteiger partial charge in [0, 0.05) is 19.6 Å². The minimum Gasteiger partial charge on any atom is -0.314 e. The molecule has 3 heteroatoms. The fraction of sp³-hybridized carbons (Fsp3) is 0.455. The molecule has 0 radical (unpaired) electrons. The fourth-order valence-electron chi connectivity index (χ4n) is 1.79. The second-order valence-corrected chi connectivity index (χ2v) is 3.67. The van der Waals surface area contributed by atoms with E-state index in [1.54, 1.807) is 0 Å². The van der Waals surface area contributed by atoms with Gasteiger partial charge in [-0.15, -0.1) is 9.60 Å². The van der Waals surface area contributed by atoms with Gasteiger partial charge in [-0.1, -0.05) is 30.3 Å². The molecule has 1 aliphatic heterocycles. The molecule has 1 unspecified atom stereocenters. The first-order valence-electron chi connectivity index (χ1n) is 5.03. The lowest BCUT2D eigenvalue weighted by Crippen LogP contribution is -2.48. The average Bonchev–Trinajstić information content (AvgIpc) is 2.23. The van der Waals surface area contributed by atoms with Crippen LogP contribution in [0, 0.1) is 0 Å². The lowest BCUT2D eigenvalue weighted by Gasteiger charge is -2.28. The summed E-state index contributed by atoms with van der Waals surface area (Å²) < 4.78 is 13.3. The molecule has 2 rings (SSSR count). The quantitative estimate of drug-likeness (QED) is 0.716. The van der Waals surface area contributed by atoms with Crippen molar-refractivity contribution in [3.05, 3.63) is 35.9 Å². The standard InChI is InChI=1S/C11H15FN2/c12-14-7-6-13-9-11(14)8-10-4-2-1-3-5-10/h1-5,11,13H,6-9H2. The van der Waals surface area contributed by atoms with Crippen LogP contribution in [0.3, 0.4) is 0 Å². The van der Waals surface area contributed by atoms with Crippen LogP contribution in [-0.4, -0.2) is 30.8 Å². The van der Waals surface area contributed by atoms with Crippen LogP contribution in [0.5, 0.6) is 0 Å². The summed E-state index contributed by atoms with van der Waals surface area (Å²) in [6.07, 6.45) is 0.782. The van der Waals surface area contributed by atoms with Gasteiger partial charge in [0.25, 0.3) is 0 Å². The predicted octanol–water partition coefficient (Wildman–Crippen LogP) is 1.39. The number of nitrogens with zero attached hydrogens (tertiary/aromatic N) is 1. The van der Waals surface area contributed by atoms with Gasteiger partial charge in [-0.3, -0.25) is 0 Å². The number of hydrogen-bond donors (Lipinski definition) is 1. The van der Waals surface area contributed by atoms with Crippen LogP contribution in [0.4, 0.5) is 4.48 Å². The molecule has 1 saturated heterocycles. The summed E-state index contributed by atoms with van der Waals surface area (Å²) in [4.78, 5) is 0. The molecule has 1 N–H and O–H groups in total. The number of nitrogens with one attached hydrogen (secondary N) is 1. The largest absolute Gasteiger partial charge is 0.314 e. The number of rotatable bonds is 2. The Hall–Kier alpha value is -0.930. The SMILES string of the molecule is FN1CCNCC1Cc1ccccc1. The molecule has 0 saturated carbocycles. The van der Waals surface area contributed by atoms with E-state index in [0.29, 0.717) is 6.54 Å². The minimum absolute atomic E-state index is 0.00819. The smallest absolute Gasteiger partial charge is 0.0567 e. The monoisotopic (exact) mass is 194 g/mol. The summed E-state index contributed by atoms with van der Waals surface area (Å²) >= 11 is 0. The van der Waals surface area contributed by atoms with Crippen molar-refractivity contribution in [1.82, 2.24) is 10.4 Å². The highest BCUT2D eigenvalue weighted by atomic mass is 19.2. The van der Waals surface area contributed by atoms with Gasteiger partial charge in [0.15, 0.2) is 0 Å². The van der Waals surface area contributed by atoms with Gasteiger partial charge >= 0.3 is 0 Å². The van der Waals surface area contributed by atoms with E-state index in [-0.39, 0.29) is 6.04 Å². The van der Waals surface area contributed by atoms with Crippen LogP contribution in [0.2, 0.25) is 0 Å². The minimum atomic E-state index is -0.00819. The Kier molecular flexibility index (Phi) is 3.11. The van der Waals surface area contributed by atoms with Gasteiger partial charge < -0.3 is 5.32 Å². The number of piperazine rings is 1. The van der Waals surface area contributed by atoms with E-state index >= 15 is 0 Å². The molecular formula is C11H15FN2. The Labute approximate surface area is 83.7 Å². The van der Waals surface area contributed by atoms with Crippen LogP contribution in [-0.2, 0) is 6.42 Å². The maximum atomic E-state index is 13.3. The predicted molar refractivity (Wildman–Crippen MR) is 54.6 cm³/mol. The molecular weight excluding hydrogens is 179 g/mol. The molecule has 1 aromatic carbocycles. The molecule has 0 aromatic heterocycles. The zero-order chi connectivity index (χ0) is 9.80. The van der Waals surface area contributed by atoms with Crippen LogP contribution < -0.4 is 5.32 Å². The molecule has 1 atom stereocenters. The van der Waals surface area contributed by atoms with Crippen LogP contribution >= 0.6 is 0 Å². The Morgan fingerprint density at radius 2 is 2.14 bits per heavy atom. The van der Waals surface area contributed by atoms with Crippen molar-refractivity contribution in [2.45, 2.75) is 12.5 Å². The Morgan fingerprint density at radius 3 is 2.86 bits per heavy atom. The highest BCUT2D eigenvalue weighted by Crippen LogP contribution is 2.10. The Bertz CT molecular complexity index is 276. The molecule has 0 spiro atoms. The van der Waals surface area contributed by atoms with Crippen LogP contribution in [0.15, 0.2) is 30.3 Å². The number of hydrogen-bond acceptors (Lipinski definition) is 2. The van der Waals surface area contributed by atoms with Gasteiger partial charge in [0.1, 0.15) is 0 Å². The van der Waals surface area contributed by atoms with E-state index in [4.69, 9.17) is 0 Å². The normalized spacial score (nSPS) is 23.6. The van der Waals surface area contributed by atoms with E-state index in [9.17, 15) is 4.48 Å². The maximum absolute atomic E-state index is 13.3. The fourth-order valence-corrected chi connectivity index (χ4v) is 1.79. The summed E-state index contributed by atoms with van der Waals surface area (Å²) in [6.45, 7) is 1.99. The Morgan fingerprint density at radius 1 is 1.36 bits per heavy atom. The zero-order valence-corrected chi connectivity index (χ0v) is 8.12. The molecule has 1 aliphatic rings.